The highest BCUT2D eigenvalue weighted by Gasteiger charge is 2.05. The number of aromatic amines is 2. The Morgan fingerprint density at radius 3 is 2.81 bits per heavy atom. The van der Waals surface area contributed by atoms with Gasteiger partial charge in [-0.25, -0.2) is 9.97 Å². The number of thiophene rings is 1. The van der Waals surface area contributed by atoms with Crippen molar-refractivity contribution >= 4 is 63.0 Å². The van der Waals surface area contributed by atoms with Gasteiger partial charge in [0.25, 0.3) is 5.56 Å². The summed E-state index contributed by atoms with van der Waals surface area (Å²) in [5.74, 6) is 2.31. The van der Waals surface area contributed by atoms with Gasteiger partial charge in [0, 0.05) is 46.8 Å². The molecule has 0 aromatic carbocycles. The number of nitrogens with zero attached hydrogens (tertiary/aromatic N) is 2. The minimum Gasteiger partial charge on any atom is -0.355 e. The summed E-state index contributed by atoms with van der Waals surface area (Å²) in [4.78, 5) is 27.7. The first-order valence-electron chi connectivity index (χ1n) is 7.63. The molecule has 6 nitrogen and oxygen atoms in total. The van der Waals surface area contributed by atoms with Crippen molar-refractivity contribution in [2.24, 2.45) is 0 Å². The number of rotatable bonds is 8. The fourth-order valence-electron chi connectivity index (χ4n) is 2.18. The number of hydrogen-bond acceptors (Lipinski definition) is 6. The molecule has 0 radical (unpaired) electrons. The molecule has 3 N–H and O–H groups in total. The number of thioether (sulfide) groups is 1. The van der Waals surface area contributed by atoms with Crippen molar-refractivity contribution in [2.75, 3.05) is 17.6 Å². The summed E-state index contributed by atoms with van der Waals surface area (Å²) in [7, 11) is 0. The van der Waals surface area contributed by atoms with Crippen LogP contribution in [-0.2, 0) is 12.2 Å². The lowest BCUT2D eigenvalue weighted by Gasteiger charge is -2.06. The first-order valence-corrected chi connectivity index (χ1v) is 9.67. The van der Waals surface area contributed by atoms with Gasteiger partial charge in [-0.1, -0.05) is 6.07 Å². The molecule has 0 aliphatic rings. The van der Waals surface area contributed by atoms with Gasteiger partial charge in [0.15, 0.2) is 0 Å². The molecule has 0 aliphatic heterocycles. The van der Waals surface area contributed by atoms with E-state index in [1.807, 2.05) is 24.4 Å². The van der Waals surface area contributed by atoms with Gasteiger partial charge in [0.05, 0.1) is 12.0 Å². The smallest absolute Gasteiger partial charge is 0.255 e. The summed E-state index contributed by atoms with van der Waals surface area (Å²) in [5, 5.41) is 5.16. The lowest BCUT2D eigenvalue weighted by atomic mass is 10.2. The molecule has 10 heteroatoms. The highest BCUT2D eigenvalue weighted by molar-refractivity contribution is 8.93. The molecule has 3 aromatic rings. The highest BCUT2D eigenvalue weighted by atomic mass is 79.9. The van der Waals surface area contributed by atoms with Crippen molar-refractivity contribution in [3.63, 3.8) is 0 Å². The van der Waals surface area contributed by atoms with Crippen LogP contribution >= 0.6 is 57.1 Å². The summed E-state index contributed by atoms with van der Waals surface area (Å²) >= 11 is 3.43. The van der Waals surface area contributed by atoms with Crippen LogP contribution in [0.25, 0.3) is 0 Å². The van der Waals surface area contributed by atoms with E-state index in [1.165, 1.54) is 0 Å². The quantitative estimate of drug-likeness (QED) is 0.390. The van der Waals surface area contributed by atoms with Crippen LogP contribution in [0.1, 0.15) is 21.8 Å². The molecule has 26 heavy (non-hydrogen) atoms. The van der Waals surface area contributed by atoms with Gasteiger partial charge >= 0.3 is 0 Å². The Morgan fingerprint density at radius 1 is 1.31 bits per heavy atom. The van der Waals surface area contributed by atoms with Crippen LogP contribution in [0.4, 0.5) is 5.95 Å². The van der Waals surface area contributed by atoms with E-state index < -0.39 is 0 Å². The van der Waals surface area contributed by atoms with Crippen molar-refractivity contribution in [3.8, 4) is 0 Å². The van der Waals surface area contributed by atoms with Gasteiger partial charge in [0.1, 0.15) is 0 Å². The SMILES string of the molecule is Br.Br.Cc1[nH]cnc1CSCCNc1ncc(Cc2cccs2)c(=O)[nH]1. The lowest BCUT2D eigenvalue weighted by molar-refractivity contribution is 1.01. The summed E-state index contributed by atoms with van der Waals surface area (Å²) in [6, 6.07) is 4.01. The number of anilines is 1. The summed E-state index contributed by atoms with van der Waals surface area (Å²) in [6.45, 7) is 2.76. The third-order valence-electron chi connectivity index (χ3n) is 3.53. The van der Waals surface area contributed by atoms with E-state index >= 15 is 0 Å². The molecule has 142 valence electrons. The Hall–Kier alpha value is -1.10. The molecule has 3 aromatic heterocycles. The van der Waals surface area contributed by atoms with E-state index in [1.54, 1.807) is 35.6 Å². The lowest BCUT2D eigenvalue weighted by Crippen LogP contribution is -2.18. The maximum Gasteiger partial charge on any atom is 0.255 e. The third kappa shape index (κ3) is 6.57. The number of aryl methyl sites for hydroxylation is 1. The van der Waals surface area contributed by atoms with Crippen LogP contribution in [-0.4, -0.2) is 32.2 Å². The molecular weight excluding hydrogens is 502 g/mol. The number of halogens is 2. The topological polar surface area (TPSA) is 86.5 Å². The molecule has 0 saturated heterocycles. The fourth-order valence-corrected chi connectivity index (χ4v) is 3.78. The second kappa shape index (κ2) is 11.6. The van der Waals surface area contributed by atoms with Gasteiger partial charge in [0.2, 0.25) is 5.95 Å². The van der Waals surface area contributed by atoms with E-state index in [0.717, 1.165) is 34.3 Å². The van der Waals surface area contributed by atoms with Crippen molar-refractivity contribution in [2.45, 2.75) is 19.1 Å². The number of imidazole rings is 1. The van der Waals surface area contributed by atoms with Crippen LogP contribution in [0, 0.1) is 6.92 Å². The minimum atomic E-state index is -0.0827. The maximum absolute atomic E-state index is 12.1. The van der Waals surface area contributed by atoms with Crippen LogP contribution < -0.4 is 10.9 Å². The van der Waals surface area contributed by atoms with Crippen molar-refractivity contribution in [1.29, 1.82) is 0 Å². The Kier molecular flexibility index (Phi) is 10.2. The van der Waals surface area contributed by atoms with Gasteiger partial charge < -0.3 is 10.3 Å². The second-order valence-corrected chi connectivity index (χ2v) is 7.43. The van der Waals surface area contributed by atoms with Gasteiger partial charge in [-0.2, -0.15) is 11.8 Å². The van der Waals surface area contributed by atoms with E-state index in [9.17, 15) is 4.79 Å². The molecular formula is C16H21Br2N5OS2. The molecule has 0 bridgehead atoms. The van der Waals surface area contributed by atoms with E-state index in [0.29, 0.717) is 17.9 Å². The standard InChI is InChI=1S/C16H19N5OS2.2BrH/c1-11-14(20-10-19-11)9-23-6-4-17-16-18-8-12(15(22)21-16)7-13-3-2-5-24-13;;/h2-3,5,8,10H,4,6-7,9H2,1H3,(H,19,20)(H2,17,18,21,22);2*1H. The van der Waals surface area contributed by atoms with Gasteiger partial charge in [-0.3, -0.25) is 9.78 Å². The Morgan fingerprint density at radius 2 is 2.15 bits per heavy atom. The molecule has 3 rings (SSSR count). The predicted molar refractivity (Wildman–Crippen MR) is 121 cm³/mol. The van der Waals surface area contributed by atoms with E-state index in [2.05, 4.69) is 25.3 Å². The molecule has 0 aliphatic carbocycles. The van der Waals surface area contributed by atoms with Crippen LogP contribution in [0.5, 0.6) is 0 Å². The average Bonchev–Trinajstić information content (AvgIpc) is 3.22. The number of aromatic nitrogens is 4. The molecule has 0 spiro atoms. The molecule has 0 fully saturated rings. The largest absolute Gasteiger partial charge is 0.355 e. The van der Waals surface area contributed by atoms with E-state index in [4.69, 9.17) is 0 Å². The zero-order chi connectivity index (χ0) is 16.8. The van der Waals surface area contributed by atoms with Crippen molar-refractivity contribution in [3.05, 3.63) is 62.2 Å². The average molecular weight is 523 g/mol. The van der Waals surface area contributed by atoms with Crippen molar-refractivity contribution < 1.29 is 0 Å². The number of H-pyrrole nitrogens is 2. The Labute approximate surface area is 181 Å². The highest BCUT2D eigenvalue weighted by Crippen LogP contribution is 2.13. The maximum atomic E-state index is 12.1. The number of nitrogens with one attached hydrogen (secondary N) is 3. The van der Waals surface area contributed by atoms with E-state index in [-0.39, 0.29) is 39.5 Å². The first kappa shape index (κ1) is 22.9. The summed E-state index contributed by atoms with van der Waals surface area (Å²) in [5.41, 5.74) is 2.80. The Bertz CT molecular complexity index is 835. The molecule has 0 saturated carbocycles. The van der Waals surface area contributed by atoms with Crippen LogP contribution in [0.15, 0.2) is 34.8 Å². The molecule has 0 amide bonds. The molecule has 3 heterocycles. The zero-order valence-corrected chi connectivity index (χ0v) is 19.2. The monoisotopic (exact) mass is 521 g/mol. The van der Waals surface area contributed by atoms with Crippen LogP contribution in [0.3, 0.4) is 0 Å². The summed E-state index contributed by atoms with van der Waals surface area (Å²) < 4.78 is 0. The second-order valence-electron chi connectivity index (χ2n) is 5.30. The predicted octanol–water partition coefficient (Wildman–Crippen LogP) is 3.95. The fraction of sp³-hybridized carbons (Fsp3) is 0.312. The molecule has 0 unspecified atom stereocenters. The molecule has 0 atom stereocenters. The summed E-state index contributed by atoms with van der Waals surface area (Å²) in [6.07, 6.45) is 4.00. The van der Waals surface area contributed by atoms with Gasteiger partial charge in [-0.15, -0.1) is 45.3 Å². The number of hydrogen-bond donors (Lipinski definition) is 3. The van der Waals surface area contributed by atoms with Crippen molar-refractivity contribution in [1.82, 2.24) is 19.9 Å². The zero-order valence-electron chi connectivity index (χ0n) is 14.2. The first-order chi connectivity index (χ1) is 11.7. The Balaban J connectivity index is 0.00000169. The third-order valence-corrected chi connectivity index (χ3v) is 5.38. The normalized spacial score (nSPS) is 10.0. The minimum absolute atomic E-state index is 0. The van der Waals surface area contributed by atoms with Gasteiger partial charge in [-0.05, 0) is 18.4 Å². The van der Waals surface area contributed by atoms with Crippen LogP contribution in [0.2, 0.25) is 0 Å².